The van der Waals surface area contributed by atoms with Gasteiger partial charge in [-0.25, -0.2) is 0 Å². The molecule has 3 N–H and O–H groups in total. The van der Waals surface area contributed by atoms with E-state index in [0.717, 1.165) is 0 Å². The van der Waals surface area contributed by atoms with Crippen LogP contribution in [0.4, 0.5) is 5.69 Å². The molecule has 0 bridgehead atoms. The number of hydrogen-bond donors (Lipinski definition) is 3. The van der Waals surface area contributed by atoms with Gasteiger partial charge in [-0.1, -0.05) is 44.5 Å². The van der Waals surface area contributed by atoms with E-state index >= 15 is 0 Å². The molecule has 0 aliphatic heterocycles. The van der Waals surface area contributed by atoms with E-state index in [4.69, 9.17) is 11.6 Å². The molecule has 0 spiro atoms. The average Bonchev–Trinajstić information content (AvgIpc) is 2.29. The van der Waals surface area contributed by atoms with E-state index in [1.165, 1.54) is 0 Å². The highest BCUT2D eigenvalue weighted by molar-refractivity contribution is 6.33. The highest BCUT2D eigenvalue weighted by Crippen LogP contribution is 2.21. The number of carbonyl (C=O) groups is 1. The molecule has 1 rings (SSSR count). The number of benzene rings is 1. The maximum Gasteiger partial charge on any atom is 0.238 e. The molecule has 0 aliphatic rings. The molecule has 0 saturated heterocycles. The van der Waals surface area contributed by atoms with Crippen molar-refractivity contribution in [1.29, 1.82) is 0 Å². The number of para-hydroxylation sites is 1. The number of rotatable bonds is 6. The van der Waals surface area contributed by atoms with E-state index in [1.54, 1.807) is 18.2 Å². The summed E-state index contributed by atoms with van der Waals surface area (Å²) in [7, 11) is 0. The molecule has 4 nitrogen and oxygen atoms in total. The number of aliphatic hydroxyl groups is 1. The molecule has 1 unspecified atom stereocenters. The van der Waals surface area contributed by atoms with E-state index in [9.17, 15) is 9.90 Å². The number of amides is 1. The van der Waals surface area contributed by atoms with Crippen LogP contribution in [0.15, 0.2) is 24.3 Å². The SMILES string of the molecule is CC(C)(C)CC(O)CNCC(=O)Nc1ccccc1Cl. The summed E-state index contributed by atoms with van der Waals surface area (Å²) in [6.07, 6.45) is 0.231. The summed E-state index contributed by atoms with van der Waals surface area (Å²) in [6, 6.07) is 7.08. The molecule has 0 saturated carbocycles. The first-order chi connectivity index (χ1) is 9.28. The lowest BCUT2D eigenvalue weighted by Gasteiger charge is -2.22. The molecule has 1 aromatic rings. The molecule has 1 amide bonds. The van der Waals surface area contributed by atoms with Crippen molar-refractivity contribution in [3.8, 4) is 0 Å². The van der Waals surface area contributed by atoms with Crippen molar-refractivity contribution < 1.29 is 9.90 Å². The van der Waals surface area contributed by atoms with Gasteiger partial charge in [0.15, 0.2) is 0 Å². The first-order valence-electron chi connectivity index (χ1n) is 6.71. The third kappa shape index (κ3) is 6.89. The maximum atomic E-state index is 11.7. The normalized spacial score (nSPS) is 13.1. The fourth-order valence-corrected chi connectivity index (χ4v) is 2.07. The van der Waals surface area contributed by atoms with Gasteiger partial charge in [0.05, 0.1) is 23.4 Å². The number of carbonyl (C=O) groups excluding carboxylic acids is 1. The summed E-state index contributed by atoms with van der Waals surface area (Å²) in [4.78, 5) is 11.7. The van der Waals surface area contributed by atoms with Crippen LogP contribution in [0.25, 0.3) is 0 Å². The summed E-state index contributed by atoms with van der Waals surface area (Å²) in [5.41, 5.74) is 0.664. The number of halogens is 1. The molecule has 1 aromatic carbocycles. The summed E-state index contributed by atoms with van der Waals surface area (Å²) >= 11 is 5.95. The lowest BCUT2D eigenvalue weighted by Crippen LogP contribution is -2.35. The van der Waals surface area contributed by atoms with Gasteiger partial charge >= 0.3 is 0 Å². The van der Waals surface area contributed by atoms with Crippen LogP contribution in [0.3, 0.4) is 0 Å². The van der Waals surface area contributed by atoms with Gasteiger partial charge in [-0.05, 0) is 24.0 Å². The van der Waals surface area contributed by atoms with Gasteiger partial charge in [-0.3, -0.25) is 4.79 Å². The molecule has 0 fully saturated rings. The molecule has 112 valence electrons. The molecule has 0 heterocycles. The van der Waals surface area contributed by atoms with Gasteiger partial charge in [0.2, 0.25) is 5.91 Å². The van der Waals surface area contributed by atoms with Gasteiger partial charge < -0.3 is 15.7 Å². The van der Waals surface area contributed by atoms with E-state index in [1.807, 2.05) is 6.07 Å². The highest BCUT2D eigenvalue weighted by atomic mass is 35.5. The second-order valence-electron chi connectivity index (χ2n) is 6.08. The van der Waals surface area contributed by atoms with E-state index in [0.29, 0.717) is 23.7 Å². The Morgan fingerprint density at radius 2 is 2.00 bits per heavy atom. The average molecular weight is 299 g/mol. The Morgan fingerprint density at radius 3 is 2.60 bits per heavy atom. The van der Waals surface area contributed by atoms with Gasteiger partial charge in [0.25, 0.3) is 0 Å². The van der Waals surface area contributed by atoms with Crippen molar-refractivity contribution in [2.75, 3.05) is 18.4 Å². The lowest BCUT2D eigenvalue weighted by molar-refractivity contribution is -0.115. The number of aliphatic hydroxyl groups excluding tert-OH is 1. The molecule has 0 radical (unpaired) electrons. The van der Waals surface area contributed by atoms with Gasteiger partial charge in [0.1, 0.15) is 0 Å². The van der Waals surface area contributed by atoms with Crippen molar-refractivity contribution in [1.82, 2.24) is 5.32 Å². The number of anilines is 1. The first-order valence-corrected chi connectivity index (χ1v) is 7.09. The van der Waals surface area contributed by atoms with Crippen LogP contribution in [-0.4, -0.2) is 30.2 Å². The van der Waals surface area contributed by atoms with Crippen molar-refractivity contribution in [2.45, 2.75) is 33.3 Å². The third-order valence-corrected chi connectivity index (χ3v) is 2.99. The van der Waals surface area contributed by atoms with Gasteiger partial charge in [-0.15, -0.1) is 0 Å². The van der Waals surface area contributed by atoms with Crippen LogP contribution in [0.5, 0.6) is 0 Å². The third-order valence-electron chi connectivity index (χ3n) is 2.66. The molecular weight excluding hydrogens is 276 g/mol. The molecule has 0 aromatic heterocycles. The summed E-state index contributed by atoms with van der Waals surface area (Å²) in [5, 5.41) is 16.0. The highest BCUT2D eigenvalue weighted by Gasteiger charge is 2.16. The zero-order chi connectivity index (χ0) is 15.2. The zero-order valence-electron chi connectivity index (χ0n) is 12.2. The van der Waals surface area contributed by atoms with Crippen LogP contribution < -0.4 is 10.6 Å². The van der Waals surface area contributed by atoms with Crippen molar-refractivity contribution in [3.05, 3.63) is 29.3 Å². The summed E-state index contributed by atoms with van der Waals surface area (Å²) in [6.45, 7) is 6.75. The quantitative estimate of drug-likeness (QED) is 0.757. The summed E-state index contributed by atoms with van der Waals surface area (Å²) < 4.78 is 0. The molecule has 5 heteroatoms. The molecular formula is C15H23ClN2O2. The topological polar surface area (TPSA) is 61.4 Å². The van der Waals surface area contributed by atoms with Crippen LogP contribution in [-0.2, 0) is 4.79 Å². The van der Waals surface area contributed by atoms with Crippen molar-refractivity contribution in [2.24, 2.45) is 5.41 Å². The minimum Gasteiger partial charge on any atom is -0.392 e. The Labute approximate surface area is 125 Å². The standard InChI is InChI=1S/C15H23ClN2O2/c1-15(2,3)8-11(19)9-17-10-14(20)18-13-7-5-4-6-12(13)16/h4-7,11,17,19H,8-10H2,1-3H3,(H,18,20). The minimum absolute atomic E-state index is 0.0704. The van der Waals surface area contributed by atoms with Crippen LogP contribution in [0.2, 0.25) is 5.02 Å². The van der Waals surface area contributed by atoms with Crippen LogP contribution in [0.1, 0.15) is 27.2 Å². The second kappa shape index (κ2) is 7.62. The zero-order valence-corrected chi connectivity index (χ0v) is 13.0. The summed E-state index contributed by atoms with van der Waals surface area (Å²) in [5.74, 6) is -0.180. The van der Waals surface area contributed by atoms with Crippen LogP contribution >= 0.6 is 11.6 Å². The fourth-order valence-electron chi connectivity index (χ4n) is 1.89. The smallest absolute Gasteiger partial charge is 0.238 e. The minimum atomic E-state index is -0.455. The number of nitrogens with one attached hydrogen (secondary N) is 2. The Kier molecular flexibility index (Phi) is 6.46. The lowest BCUT2D eigenvalue weighted by atomic mass is 9.89. The molecule has 0 aliphatic carbocycles. The Balaban J connectivity index is 2.29. The van der Waals surface area contributed by atoms with E-state index in [-0.39, 0.29) is 17.9 Å². The number of hydrogen-bond acceptors (Lipinski definition) is 3. The largest absolute Gasteiger partial charge is 0.392 e. The molecule has 20 heavy (non-hydrogen) atoms. The maximum absolute atomic E-state index is 11.7. The first kappa shape index (κ1) is 17.0. The molecule has 1 atom stereocenters. The van der Waals surface area contributed by atoms with Crippen molar-refractivity contribution >= 4 is 23.2 Å². The Hall–Kier alpha value is -1.10. The van der Waals surface area contributed by atoms with E-state index in [2.05, 4.69) is 31.4 Å². The second-order valence-corrected chi connectivity index (χ2v) is 6.48. The van der Waals surface area contributed by atoms with E-state index < -0.39 is 6.10 Å². The predicted octanol–water partition coefficient (Wildman–Crippen LogP) is 2.67. The van der Waals surface area contributed by atoms with Gasteiger partial charge in [-0.2, -0.15) is 0 Å². The Morgan fingerprint density at radius 1 is 1.35 bits per heavy atom. The Bertz CT molecular complexity index is 444. The van der Waals surface area contributed by atoms with Crippen LogP contribution in [0, 0.1) is 5.41 Å². The van der Waals surface area contributed by atoms with Crippen molar-refractivity contribution in [3.63, 3.8) is 0 Å². The predicted molar refractivity (Wildman–Crippen MR) is 83.0 cm³/mol. The van der Waals surface area contributed by atoms with Gasteiger partial charge in [0, 0.05) is 6.54 Å². The monoisotopic (exact) mass is 298 g/mol. The fraction of sp³-hybridized carbons (Fsp3) is 0.533.